The highest BCUT2D eigenvalue weighted by Gasteiger charge is 2.36. The summed E-state index contributed by atoms with van der Waals surface area (Å²) in [4.78, 5) is 19.1. The average Bonchev–Trinajstić information content (AvgIpc) is 3.94. The molecule has 1 unspecified atom stereocenters. The van der Waals surface area contributed by atoms with Gasteiger partial charge in [-0.1, -0.05) is 41.9 Å². The summed E-state index contributed by atoms with van der Waals surface area (Å²) in [5.41, 5.74) is 14.2. The molecule has 0 radical (unpaired) electrons. The van der Waals surface area contributed by atoms with Crippen LogP contribution in [0.5, 0.6) is 5.75 Å². The van der Waals surface area contributed by atoms with E-state index in [1.165, 1.54) is 42.4 Å². The van der Waals surface area contributed by atoms with Crippen molar-refractivity contribution in [1.82, 2.24) is 19.2 Å². The van der Waals surface area contributed by atoms with Gasteiger partial charge in [-0.25, -0.2) is 0 Å². The van der Waals surface area contributed by atoms with E-state index in [2.05, 4.69) is 75.1 Å². The number of fused-ring (bicyclic) bond motifs is 4. The number of carbonyl (C=O) groups excluding carboxylic acids is 1. The molecule has 0 bridgehead atoms. The molecule has 1 saturated heterocycles. The minimum Gasteiger partial charge on any atom is -0.494 e. The zero-order valence-electron chi connectivity index (χ0n) is 33.0. The van der Waals surface area contributed by atoms with Gasteiger partial charge in [0.2, 0.25) is 0 Å². The van der Waals surface area contributed by atoms with Gasteiger partial charge in [0.25, 0.3) is 0 Å². The Balaban J connectivity index is 1.22. The van der Waals surface area contributed by atoms with Gasteiger partial charge in [0, 0.05) is 76.8 Å². The van der Waals surface area contributed by atoms with Crippen LogP contribution >= 0.6 is 23.2 Å². The largest absolute Gasteiger partial charge is 0.494 e. The number of likely N-dealkylation sites (tertiary alicyclic amines) is 1. The first-order chi connectivity index (χ1) is 26.5. The van der Waals surface area contributed by atoms with Crippen molar-refractivity contribution in [2.45, 2.75) is 85.4 Å². The first-order valence-corrected chi connectivity index (χ1v) is 20.5. The van der Waals surface area contributed by atoms with E-state index in [1.807, 2.05) is 33.0 Å². The van der Waals surface area contributed by atoms with Crippen molar-refractivity contribution >= 4 is 57.5 Å². The number of halogens is 2. The molecule has 3 aromatic carbocycles. The predicted octanol–water partition coefficient (Wildman–Crippen LogP) is 9.76. The van der Waals surface area contributed by atoms with Gasteiger partial charge in [0.05, 0.1) is 46.8 Å². The number of aldehydes is 1. The average molecular weight is 780 g/mol. The molecule has 55 heavy (non-hydrogen) atoms. The van der Waals surface area contributed by atoms with Crippen LogP contribution in [-0.2, 0) is 24.2 Å². The molecule has 1 fully saturated rings. The highest BCUT2D eigenvalue weighted by molar-refractivity contribution is 6.35. The number of rotatable bonds is 11. The van der Waals surface area contributed by atoms with E-state index in [0.29, 0.717) is 13.0 Å². The van der Waals surface area contributed by atoms with Gasteiger partial charge in [-0.15, -0.1) is 0 Å². The standard InChI is InChI=1S/C45H52Cl2N6O2/c1-27-22-34(23-28(2)43(27)47)55-21-11-12-35-36-15-16-38(46)42(41-30(4)48-52(31(41)5)20-19-50-17-8-9-18-50)45(36)53-29(3)25-51(32(6)44(35)53)40-14-10-13-39-37(40)24-33(26-54)49(39)7/h10,13-16,22-23,26,29,33H,6,8-9,11-12,17-21,24-25H2,1-5,7H3/t29-,33?/m1/s1. The third-order valence-corrected chi connectivity index (χ3v) is 13.2. The molecule has 0 saturated carbocycles. The van der Waals surface area contributed by atoms with Crippen LogP contribution in [0.4, 0.5) is 11.4 Å². The molecule has 288 valence electrons. The molecule has 2 aromatic heterocycles. The van der Waals surface area contributed by atoms with Crippen LogP contribution in [0, 0.1) is 27.7 Å². The van der Waals surface area contributed by atoms with Crippen molar-refractivity contribution in [2.24, 2.45) is 0 Å². The van der Waals surface area contributed by atoms with Crippen molar-refractivity contribution in [1.29, 1.82) is 0 Å². The fourth-order valence-electron chi connectivity index (χ4n) is 9.48. The maximum atomic E-state index is 12.1. The fraction of sp³-hybridized carbons (Fsp3) is 0.422. The van der Waals surface area contributed by atoms with Gasteiger partial charge in [0.15, 0.2) is 0 Å². The number of ether oxygens (including phenoxy) is 1. The van der Waals surface area contributed by atoms with Crippen molar-refractivity contribution in [3.63, 3.8) is 0 Å². The summed E-state index contributed by atoms with van der Waals surface area (Å²) >= 11 is 13.8. The van der Waals surface area contributed by atoms with Crippen LogP contribution < -0.4 is 14.5 Å². The lowest BCUT2D eigenvalue weighted by Gasteiger charge is -2.38. The monoisotopic (exact) mass is 778 g/mol. The van der Waals surface area contributed by atoms with Gasteiger partial charge in [-0.3, -0.25) is 4.68 Å². The lowest BCUT2D eigenvalue weighted by Crippen LogP contribution is -2.35. The second kappa shape index (κ2) is 15.0. The number of nitrogens with zero attached hydrogens (tertiary/aromatic N) is 6. The van der Waals surface area contributed by atoms with Crippen LogP contribution in [-0.4, -0.2) is 71.4 Å². The number of carbonyl (C=O) groups is 1. The van der Waals surface area contributed by atoms with Crippen LogP contribution in [0.2, 0.25) is 10.0 Å². The van der Waals surface area contributed by atoms with Gasteiger partial charge >= 0.3 is 0 Å². The Hall–Kier alpha value is -4.24. The summed E-state index contributed by atoms with van der Waals surface area (Å²) < 4.78 is 11.0. The van der Waals surface area contributed by atoms with Gasteiger partial charge in [-0.2, -0.15) is 5.10 Å². The van der Waals surface area contributed by atoms with Crippen molar-refractivity contribution in [2.75, 3.05) is 49.6 Å². The number of hydrogen-bond acceptors (Lipinski definition) is 6. The van der Waals surface area contributed by atoms with E-state index < -0.39 is 0 Å². The molecular weight excluding hydrogens is 727 g/mol. The lowest BCUT2D eigenvalue weighted by molar-refractivity contribution is -0.108. The minimum atomic E-state index is -0.172. The predicted molar refractivity (Wildman–Crippen MR) is 228 cm³/mol. The summed E-state index contributed by atoms with van der Waals surface area (Å²) in [6.07, 6.45) is 5.90. The van der Waals surface area contributed by atoms with Gasteiger partial charge < -0.3 is 28.8 Å². The summed E-state index contributed by atoms with van der Waals surface area (Å²) in [5.74, 6) is 0.839. The minimum absolute atomic E-state index is 0.0907. The Morgan fingerprint density at radius 1 is 0.982 bits per heavy atom. The molecule has 5 heterocycles. The molecule has 8 rings (SSSR count). The Morgan fingerprint density at radius 3 is 2.44 bits per heavy atom. The van der Waals surface area contributed by atoms with E-state index in [4.69, 9.17) is 39.6 Å². The fourth-order valence-corrected chi connectivity index (χ4v) is 9.84. The maximum Gasteiger partial charge on any atom is 0.142 e. The quantitative estimate of drug-likeness (QED) is 0.0984. The molecule has 5 aromatic rings. The highest BCUT2D eigenvalue weighted by atomic mass is 35.5. The second-order valence-corrected chi connectivity index (χ2v) is 16.6. The third-order valence-electron chi connectivity index (χ3n) is 12.3. The zero-order chi connectivity index (χ0) is 38.7. The first-order valence-electron chi connectivity index (χ1n) is 19.8. The number of aromatic nitrogens is 3. The highest BCUT2D eigenvalue weighted by Crippen LogP contribution is 2.49. The Labute approximate surface area is 335 Å². The molecule has 0 spiro atoms. The number of anilines is 2. The van der Waals surface area contributed by atoms with Crippen molar-refractivity contribution < 1.29 is 9.53 Å². The molecule has 0 N–H and O–H groups in total. The molecule has 3 aliphatic heterocycles. The molecule has 10 heteroatoms. The summed E-state index contributed by atoms with van der Waals surface area (Å²) in [5, 5.41) is 7.80. The Kier molecular flexibility index (Phi) is 10.3. The van der Waals surface area contributed by atoms with E-state index in [1.54, 1.807) is 0 Å². The summed E-state index contributed by atoms with van der Waals surface area (Å²) in [6, 6.07) is 14.6. The third kappa shape index (κ3) is 6.54. The van der Waals surface area contributed by atoms with E-state index in [0.717, 1.165) is 116 Å². The summed E-state index contributed by atoms with van der Waals surface area (Å²) in [6.45, 7) is 21.0. The smallest absolute Gasteiger partial charge is 0.142 e. The SMILES string of the molecule is C=C1c2c(CCCOc3cc(C)c(Cl)c(C)c3)c3ccc(Cl)c(-c4c(C)nn(CCN5CCCC5)c4C)c3n2[C@H](C)CN1c1cccc2c1CC(C=O)N2C. The molecule has 2 atom stereocenters. The molecule has 3 aliphatic rings. The zero-order valence-corrected chi connectivity index (χ0v) is 34.5. The summed E-state index contributed by atoms with van der Waals surface area (Å²) in [7, 11) is 2.01. The number of benzene rings is 3. The topological polar surface area (TPSA) is 58.8 Å². The Morgan fingerprint density at radius 2 is 1.71 bits per heavy atom. The van der Waals surface area contributed by atoms with Crippen molar-refractivity contribution in [3.8, 4) is 16.9 Å². The normalized spacial score (nSPS) is 18.4. The number of hydrogen-bond donors (Lipinski definition) is 0. The van der Waals surface area contributed by atoms with Crippen LogP contribution in [0.15, 0.2) is 49.0 Å². The maximum absolute atomic E-state index is 12.1. The van der Waals surface area contributed by atoms with E-state index in [-0.39, 0.29) is 12.1 Å². The number of aryl methyl sites for hydroxylation is 4. The van der Waals surface area contributed by atoms with E-state index >= 15 is 0 Å². The molecule has 0 amide bonds. The lowest BCUT2D eigenvalue weighted by atomic mass is 9.98. The number of likely N-dealkylation sites (N-methyl/N-ethyl adjacent to an activating group) is 1. The van der Waals surface area contributed by atoms with Crippen LogP contribution in [0.3, 0.4) is 0 Å². The molecule has 8 nitrogen and oxygen atoms in total. The Bertz CT molecular complexity index is 2290. The van der Waals surface area contributed by atoms with Crippen LogP contribution in [0.25, 0.3) is 27.7 Å². The first kappa shape index (κ1) is 37.7. The van der Waals surface area contributed by atoms with Gasteiger partial charge in [0.1, 0.15) is 12.0 Å². The molecule has 0 aliphatic carbocycles. The molecular formula is C45H52Cl2N6O2. The second-order valence-electron chi connectivity index (χ2n) is 15.9. The van der Waals surface area contributed by atoms with Crippen LogP contribution in [0.1, 0.15) is 71.6 Å². The van der Waals surface area contributed by atoms with Gasteiger partial charge in [-0.05, 0) is 120 Å². The van der Waals surface area contributed by atoms with Crippen molar-refractivity contribution in [3.05, 3.63) is 98.4 Å². The van der Waals surface area contributed by atoms with E-state index in [9.17, 15) is 4.79 Å².